The first kappa shape index (κ1) is 13.5. The molecule has 0 saturated heterocycles. The first-order chi connectivity index (χ1) is 9.58. The number of aryl methyl sites for hydroxylation is 1. The molecule has 3 rings (SSSR count). The molecule has 5 heteroatoms. The van der Waals surface area contributed by atoms with Crippen LogP contribution in [0, 0.1) is 17.8 Å². The molecule has 0 aliphatic heterocycles. The van der Waals surface area contributed by atoms with Gasteiger partial charge in [-0.3, -0.25) is 9.48 Å². The zero-order chi connectivity index (χ0) is 14.3. The molecule has 5 nitrogen and oxygen atoms in total. The van der Waals surface area contributed by atoms with E-state index in [0.29, 0.717) is 17.3 Å². The average Bonchev–Trinajstić information content (AvgIpc) is 3.12. The van der Waals surface area contributed by atoms with Gasteiger partial charge in [-0.2, -0.15) is 5.10 Å². The Hall–Kier alpha value is -1.52. The molecule has 4 unspecified atom stereocenters. The summed E-state index contributed by atoms with van der Waals surface area (Å²) in [5.74, 6) is 2.20. The summed E-state index contributed by atoms with van der Waals surface area (Å²) in [7, 11) is 0. The van der Waals surface area contributed by atoms with Gasteiger partial charge in [-0.25, -0.2) is 0 Å². The molecular formula is C15H24N4O. The van der Waals surface area contributed by atoms with Crippen LogP contribution in [0.4, 0.5) is 5.69 Å². The quantitative estimate of drug-likeness (QED) is 0.884. The van der Waals surface area contributed by atoms with Gasteiger partial charge in [-0.15, -0.1) is 0 Å². The van der Waals surface area contributed by atoms with Crippen molar-refractivity contribution in [3.8, 4) is 0 Å². The van der Waals surface area contributed by atoms with Crippen LogP contribution in [0.2, 0.25) is 0 Å². The van der Waals surface area contributed by atoms with Crippen LogP contribution in [0.1, 0.15) is 50.0 Å². The van der Waals surface area contributed by atoms with Gasteiger partial charge in [0.15, 0.2) is 5.69 Å². The van der Waals surface area contributed by atoms with Gasteiger partial charge < -0.3 is 11.1 Å². The number of hydrogen-bond donors (Lipinski definition) is 2. The van der Waals surface area contributed by atoms with E-state index in [0.717, 1.165) is 18.4 Å². The molecule has 2 fully saturated rings. The normalized spacial score (nSPS) is 29.6. The average molecular weight is 276 g/mol. The Morgan fingerprint density at radius 2 is 2.35 bits per heavy atom. The minimum atomic E-state index is -0.134. The lowest BCUT2D eigenvalue weighted by Crippen LogP contribution is -2.40. The number of carbonyl (C=O) groups excluding carboxylic acids is 1. The highest BCUT2D eigenvalue weighted by molar-refractivity contribution is 5.97. The Bertz CT molecular complexity index is 510. The number of nitrogens with zero attached hydrogens (tertiary/aromatic N) is 2. The first-order valence-corrected chi connectivity index (χ1v) is 7.72. The highest BCUT2D eigenvalue weighted by Crippen LogP contribution is 2.49. The van der Waals surface area contributed by atoms with Crippen molar-refractivity contribution in [1.29, 1.82) is 0 Å². The van der Waals surface area contributed by atoms with E-state index >= 15 is 0 Å². The number of nitrogen functional groups attached to an aromatic ring is 1. The Morgan fingerprint density at radius 3 is 2.90 bits per heavy atom. The Balaban J connectivity index is 1.64. The van der Waals surface area contributed by atoms with Crippen molar-refractivity contribution in [2.45, 2.75) is 52.1 Å². The number of amides is 1. The topological polar surface area (TPSA) is 72.9 Å². The van der Waals surface area contributed by atoms with Crippen LogP contribution in [0.5, 0.6) is 0 Å². The summed E-state index contributed by atoms with van der Waals surface area (Å²) in [6.07, 6.45) is 7.07. The van der Waals surface area contributed by atoms with Gasteiger partial charge in [0, 0.05) is 18.8 Å². The minimum Gasteiger partial charge on any atom is -0.396 e. The van der Waals surface area contributed by atoms with Gasteiger partial charge in [0.05, 0.1) is 5.69 Å². The zero-order valence-corrected chi connectivity index (χ0v) is 12.3. The van der Waals surface area contributed by atoms with E-state index in [4.69, 9.17) is 5.73 Å². The van der Waals surface area contributed by atoms with Gasteiger partial charge in [-0.05, 0) is 50.9 Å². The van der Waals surface area contributed by atoms with Crippen molar-refractivity contribution in [3.63, 3.8) is 0 Å². The molecule has 1 heterocycles. The predicted molar refractivity (Wildman–Crippen MR) is 78.2 cm³/mol. The largest absolute Gasteiger partial charge is 0.396 e. The second-order valence-electron chi connectivity index (χ2n) is 6.39. The van der Waals surface area contributed by atoms with E-state index in [1.807, 2.05) is 6.92 Å². The van der Waals surface area contributed by atoms with Crippen molar-refractivity contribution in [3.05, 3.63) is 11.9 Å². The molecule has 2 bridgehead atoms. The molecule has 3 N–H and O–H groups in total. The van der Waals surface area contributed by atoms with Crippen LogP contribution < -0.4 is 11.1 Å². The molecule has 2 aliphatic rings. The van der Waals surface area contributed by atoms with Crippen LogP contribution in [0.25, 0.3) is 0 Å². The van der Waals surface area contributed by atoms with E-state index in [-0.39, 0.29) is 11.9 Å². The third kappa shape index (κ3) is 2.30. The molecule has 0 aromatic carbocycles. The molecule has 0 radical (unpaired) electrons. The van der Waals surface area contributed by atoms with Crippen molar-refractivity contribution < 1.29 is 4.79 Å². The monoisotopic (exact) mass is 276 g/mol. The van der Waals surface area contributed by atoms with E-state index in [2.05, 4.69) is 17.3 Å². The van der Waals surface area contributed by atoms with E-state index in [1.165, 1.54) is 25.7 Å². The molecule has 1 aromatic heterocycles. The number of fused-ring (bicyclic) bond motifs is 2. The van der Waals surface area contributed by atoms with Crippen molar-refractivity contribution in [1.82, 2.24) is 15.1 Å². The molecule has 2 aliphatic carbocycles. The Labute approximate surface area is 119 Å². The molecule has 4 atom stereocenters. The summed E-state index contributed by atoms with van der Waals surface area (Å²) < 4.78 is 1.70. The second kappa shape index (κ2) is 5.11. The smallest absolute Gasteiger partial charge is 0.274 e. The maximum Gasteiger partial charge on any atom is 0.274 e. The number of nitrogens with one attached hydrogen (secondary N) is 1. The number of nitrogens with two attached hydrogens (primary N) is 1. The second-order valence-corrected chi connectivity index (χ2v) is 6.39. The molecule has 1 aromatic rings. The molecule has 2 saturated carbocycles. The number of hydrogen-bond acceptors (Lipinski definition) is 3. The van der Waals surface area contributed by atoms with Gasteiger partial charge in [0.1, 0.15) is 0 Å². The van der Waals surface area contributed by atoms with Crippen molar-refractivity contribution in [2.24, 2.45) is 17.8 Å². The lowest BCUT2D eigenvalue weighted by atomic mass is 9.84. The number of carbonyl (C=O) groups is 1. The Kier molecular flexibility index (Phi) is 3.44. The van der Waals surface area contributed by atoms with Crippen molar-refractivity contribution in [2.75, 3.05) is 5.73 Å². The standard InChI is InChI=1S/C15H24N4O/c1-3-19-8-13(16)14(18-19)15(20)17-9(2)12-7-10-4-5-11(12)6-10/h8-12H,3-7,16H2,1-2H3,(H,17,20). The lowest BCUT2D eigenvalue weighted by Gasteiger charge is -2.28. The molecular weight excluding hydrogens is 252 g/mol. The lowest BCUT2D eigenvalue weighted by molar-refractivity contribution is 0.0910. The third-order valence-corrected chi connectivity index (χ3v) is 5.12. The summed E-state index contributed by atoms with van der Waals surface area (Å²) in [5, 5.41) is 7.34. The number of aromatic nitrogens is 2. The molecule has 0 spiro atoms. The van der Waals surface area contributed by atoms with Gasteiger partial charge in [0.25, 0.3) is 5.91 Å². The van der Waals surface area contributed by atoms with Crippen LogP contribution in [-0.4, -0.2) is 21.7 Å². The van der Waals surface area contributed by atoms with Crippen LogP contribution in [0.3, 0.4) is 0 Å². The maximum atomic E-state index is 12.3. The van der Waals surface area contributed by atoms with Crippen molar-refractivity contribution >= 4 is 11.6 Å². The number of rotatable bonds is 4. The van der Waals surface area contributed by atoms with Crippen LogP contribution >= 0.6 is 0 Å². The van der Waals surface area contributed by atoms with Crippen LogP contribution in [-0.2, 0) is 6.54 Å². The SMILES string of the molecule is CCn1cc(N)c(C(=O)NC(C)C2CC3CCC2C3)n1. The first-order valence-electron chi connectivity index (χ1n) is 7.72. The van der Waals surface area contributed by atoms with Crippen LogP contribution in [0.15, 0.2) is 6.20 Å². The van der Waals surface area contributed by atoms with E-state index < -0.39 is 0 Å². The van der Waals surface area contributed by atoms with Gasteiger partial charge in [-0.1, -0.05) is 6.42 Å². The Morgan fingerprint density at radius 1 is 1.55 bits per heavy atom. The predicted octanol–water partition coefficient (Wildman–Crippen LogP) is 2.04. The summed E-state index contributed by atoms with van der Waals surface area (Å²) in [5.41, 5.74) is 6.69. The fourth-order valence-electron chi connectivity index (χ4n) is 4.06. The third-order valence-electron chi connectivity index (χ3n) is 5.12. The van der Waals surface area contributed by atoms with E-state index in [1.54, 1.807) is 10.9 Å². The minimum absolute atomic E-state index is 0.134. The zero-order valence-electron chi connectivity index (χ0n) is 12.3. The molecule has 20 heavy (non-hydrogen) atoms. The summed E-state index contributed by atoms with van der Waals surface area (Å²) in [6, 6.07) is 0.212. The molecule has 110 valence electrons. The summed E-state index contributed by atoms with van der Waals surface area (Å²) >= 11 is 0. The highest BCUT2D eigenvalue weighted by Gasteiger charge is 2.42. The van der Waals surface area contributed by atoms with Gasteiger partial charge >= 0.3 is 0 Å². The maximum absolute atomic E-state index is 12.3. The fourth-order valence-corrected chi connectivity index (χ4v) is 4.06. The highest BCUT2D eigenvalue weighted by atomic mass is 16.2. The molecule has 1 amide bonds. The fraction of sp³-hybridized carbons (Fsp3) is 0.733. The number of anilines is 1. The van der Waals surface area contributed by atoms with Gasteiger partial charge in [0.2, 0.25) is 0 Å². The summed E-state index contributed by atoms with van der Waals surface area (Å²) in [6.45, 7) is 4.82. The summed E-state index contributed by atoms with van der Waals surface area (Å²) in [4.78, 5) is 12.3. The van der Waals surface area contributed by atoms with E-state index in [9.17, 15) is 4.79 Å².